The molecule has 0 bridgehead atoms. The standard InChI is InChI=1S/C20H19BrO4.C6H14/c1-3-23-18(22)11-15-6-4-5-13(2)19(15)25-12-14-9-16-7-8-24-20(16)17(21)10-14;1-3-5-6-4-2/h4-10H,3,11-12H2,1-2H3;3-6H2,1-2H3. The molecule has 1 aromatic heterocycles. The number of rotatable bonds is 9. The van der Waals surface area contributed by atoms with Gasteiger partial charge >= 0.3 is 5.97 Å². The number of fused-ring (bicyclic) bond motifs is 1. The van der Waals surface area contributed by atoms with E-state index < -0.39 is 0 Å². The smallest absolute Gasteiger partial charge is 0.310 e. The number of aryl methyl sites for hydroxylation is 1. The van der Waals surface area contributed by atoms with Gasteiger partial charge in [0, 0.05) is 10.9 Å². The average Bonchev–Trinajstić information content (AvgIpc) is 3.22. The third-order valence-corrected chi connectivity index (χ3v) is 5.43. The molecule has 0 atom stereocenters. The van der Waals surface area contributed by atoms with Crippen molar-refractivity contribution in [2.24, 2.45) is 0 Å². The van der Waals surface area contributed by atoms with Crippen LogP contribution in [0.5, 0.6) is 5.75 Å². The maximum absolute atomic E-state index is 11.8. The van der Waals surface area contributed by atoms with E-state index in [-0.39, 0.29) is 12.4 Å². The molecular weight excluding hydrogens is 456 g/mol. The number of esters is 1. The van der Waals surface area contributed by atoms with Crippen LogP contribution in [0.4, 0.5) is 0 Å². The number of carbonyl (C=O) groups excluding carboxylic acids is 1. The van der Waals surface area contributed by atoms with Crippen molar-refractivity contribution in [3.05, 3.63) is 63.8 Å². The quantitative estimate of drug-likeness (QED) is 0.228. The number of halogens is 1. The maximum atomic E-state index is 11.8. The number of furan rings is 1. The summed E-state index contributed by atoms with van der Waals surface area (Å²) in [5.41, 5.74) is 3.67. The molecule has 3 rings (SSSR count). The first-order valence-electron chi connectivity index (χ1n) is 11.0. The van der Waals surface area contributed by atoms with E-state index >= 15 is 0 Å². The third kappa shape index (κ3) is 7.73. The number of para-hydroxylation sites is 1. The highest BCUT2D eigenvalue weighted by molar-refractivity contribution is 9.10. The zero-order chi connectivity index (χ0) is 22.6. The Morgan fingerprint density at radius 1 is 1.06 bits per heavy atom. The van der Waals surface area contributed by atoms with Crippen LogP contribution in [0, 0.1) is 6.92 Å². The molecule has 0 fully saturated rings. The van der Waals surface area contributed by atoms with E-state index in [1.54, 1.807) is 13.2 Å². The van der Waals surface area contributed by atoms with Crippen molar-refractivity contribution in [1.82, 2.24) is 0 Å². The number of benzene rings is 2. The van der Waals surface area contributed by atoms with Gasteiger partial charge in [-0.3, -0.25) is 4.79 Å². The van der Waals surface area contributed by atoms with Crippen molar-refractivity contribution < 1.29 is 18.7 Å². The largest absolute Gasteiger partial charge is 0.488 e. The summed E-state index contributed by atoms with van der Waals surface area (Å²) in [6.45, 7) is 9.01. The molecule has 0 amide bonds. The Morgan fingerprint density at radius 2 is 1.81 bits per heavy atom. The molecule has 5 heteroatoms. The molecule has 3 aromatic rings. The molecule has 0 spiro atoms. The van der Waals surface area contributed by atoms with Crippen LogP contribution in [0.25, 0.3) is 11.0 Å². The molecule has 4 nitrogen and oxygen atoms in total. The van der Waals surface area contributed by atoms with Crippen molar-refractivity contribution in [2.75, 3.05) is 6.61 Å². The molecule has 0 saturated heterocycles. The first kappa shape index (κ1) is 25.0. The number of hydrogen-bond donors (Lipinski definition) is 0. The van der Waals surface area contributed by atoms with E-state index in [1.165, 1.54) is 25.7 Å². The molecule has 0 aliphatic rings. The molecule has 0 unspecified atom stereocenters. The highest BCUT2D eigenvalue weighted by Gasteiger charge is 2.13. The van der Waals surface area contributed by atoms with Crippen LogP contribution < -0.4 is 4.74 Å². The van der Waals surface area contributed by atoms with Crippen LogP contribution in [0.1, 0.15) is 63.1 Å². The Kier molecular flexibility index (Phi) is 10.6. The summed E-state index contributed by atoms with van der Waals surface area (Å²) in [6.07, 6.45) is 7.41. The summed E-state index contributed by atoms with van der Waals surface area (Å²) in [5, 5.41) is 1.02. The number of carbonyl (C=O) groups is 1. The average molecular weight is 489 g/mol. The highest BCUT2D eigenvalue weighted by Crippen LogP contribution is 2.29. The summed E-state index contributed by atoms with van der Waals surface area (Å²) >= 11 is 3.52. The minimum absolute atomic E-state index is 0.204. The lowest BCUT2D eigenvalue weighted by atomic mass is 10.1. The lowest BCUT2D eigenvalue weighted by Crippen LogP contribution is -2.09. The van der Waals surface area contributed by atoms with E-state index in [2.05, 4.69) is 29.8 Å². The topological polar surface area (TPSA) is 48.7 Å². The second kappa shape index (κ2) is 13.2. The first-order valence-corrected chi connectivity index (χ1v) is 11.8. The van der Waals surface area contributed by atoms with E-state index in [9.17, 15) is 4.79 Å². The van der Waals surface area contributed by atoms with Gasteiger partial charge in [-0.25, -0.2) is 0 Å². The summed E-state index contributed by atoms with van der Waals surface area (Å²) < 4.78 is 17.4. The summed E-state index contributed by atoms with van der Waals surface area (Å²) in [6, 6.07) is 11.7. The van der Waals surface area contributed by atoms with Crippen molar-refractivity contribution in [1.29, 1.82) is 0 Å². The number of hydrogen-bond acceptors (Lipinski definition) is 4. The summed E-state index contributed by atoms with van der Waals surface area (Å²) in [5.74, 6) is 0.486. The molecule has 0 N–H and O–H groups in total. The van der Waals surface area contributed by atoms with Gasteiger partial charge in [0.15, 0.2) is 0 Å². The van der Waals surface area contributed by atoms with Gasteiger partial charge in [0.2, 0.25) is 0 Å². The lowest BCUT2D eigenvalue weighted by Gasteiger charge is -2.14. The zero-order valence-electron chi connectivity index (χ0n) is 19.0. The third-order valence-electron chi connectivity index (χ3n) is 4.84. The predicted octanol–water partition coefficient (Wildman–Crippen LogP) is 7.77. The van der Waals surface area contributed by atoms with Gasteiger partial charge in [0.05, 0.1) is 23.8 Å². The van der Waals surface area contributed by atoms with Gasteiger partial charge in [-0.15, -0.1) is 0 Å². The van der Waals surface area contributed by atoms with Crippen molar-refractivity contribution >= 4 is 32.9 Å². The van der Waals surface area contributed by atoms with Crippen molar-refractivity contribution in [3.8, 4) is 5.75 Å². The predicted molar refractivity (Wildman–Crippen MR) is 130 cm³/mol. The first-order chi connectivity index (χ1) is 15.0. The number of ether oxygens (including phenoxy) is 2. The fourth-order valence-corrected chi connectivity index (χ4v) is 3.88. The van der Waals surface area contributed by atoms with Gasteiger partial charge in [0.25, 0.3) is 0 Å². The summed E-state index contributed by atoms with van der Waals surface area (Å²) in [7, 11) is 0. The second-order valence-corrected chi connectivity index (χ2v) is 8.31. The molecule has 1 heterocycles. The molecule has 0 aliphatic carbocycles. The van der Waals surface area contributed by atoms with E-state index in [1.807, 2.05) is 43.3 Å². The molecule has 0 aliphatic heterocycles. The van der Waals surface area contributed by atoms with Crippen LogP contribution in [0.3, 0.4) is 0 Å². The molecule has 31 heavy (non-hydrogen) atoms. The van der Waals surface area contributed by atoms with Crippen LogP contribution in [-0.4, -0.2) is 12.6 Å². The Bertz CT molecular complexity index is 957. The van der Waals surface area contributed by atoms with E-state index in [4.69, 9.17) is 13.9 Å². The molecule has 2 aromatic carbocycles. The maximum Gasteiger partial charge on any atom is 0.310 e. The second-order valence-electron chi connectivity index (χ2n) is 7.46. The summed E-state index contributed by atoms with van der Waals surface area (Å²) in [4.78, 5) is 11.8. The number of unbranched alkanes of at least 4 members (excludes halogenated alkanes) is 3. The molecular formula is C26H33BrO4. The normalized spacial score (nSPS) is 10.5. The van der Waals surface area contributed by atoms with Crippen LogP contribution in [-0.2, 0) is 22.6 Å². The molecule has 0 radical (unpaired) electrons. The lowest BCUT2D eigenvalue weighted by molar-refractivity contribution is -0.142. The van der Waals surface area contributed by atoms with Crippen molar-refractivity contribution in [2.45, 2.75) is 66.4 Å². The minimum Gasteiger partial charge on any atom is -0.488 e. The molecule has 168 valence electrons. The van der Waals surface area contributed by atoms with Crippen molar-refractivity contribution in [3.63, 3.8) is 0 Å². The highest BCUT2D eigenvalue weighted by atomic mass is 79.9. The molecule has 0 saturated carbocycles. The monoisotopic (exact) mass is 488 g/mol. The Hall–Kier alpha value is -2.27. The van der Waals surface area contributed by atoms with Gasteiger partial charge in [0.1, 0.15) is 17.9 Å². The zero-order valence-corrected chi connectivity index (χ0v) is 20.6. The van der Waals surface area contributed by atoms with Gasteiger partial charge in [-0.2, -0.15) is 0 Å². The Balaban J connectivity index is 0.000000501. The van der Waals surface area contributed by atoms with Gasteiger partial charge < -0.3 is 13.9 Å². The Labute approximate surface area is 194 Å². The van der Waals surface area contributed by atoms with Crippen LogP contribution in [0.15, 0.2) is 51.6 Å². The fraction of sp³-hybridized carbons (Fsp3) is 0.423. The van der Waals surface area contributed by atoms with Gasteiger partial charge in [-0.1, -0.05) is 57.7 Å². The van der Waals surface area contributed by atoms with E-state index in [0.29, 0.717) is 13.2 Å². The van der Waals surface area contributed by atoms with Gasteiger partial charge in [-0.05, 0) is 59.1 Å². The van der Waals surface area contributed by atoms with E-state index in [0.717, 1.165) is 37.9 Å². The van der Waals surface area contributed by atoms with Crippen LogP contribution in [0.2, 0.25) is 0 Å². The SMILES string of the molecule is CCCCCC.CCOC(=O)Cc1cccc(C)c1OCc1cc(Br)c2occc2c1. The Morgan fingerprint density at radius 3 is 2.48 bits per heavy atom. The fourth-order valence-electron chi connectivity index (χ4n) is 3.26. The minimum atomic E-state index is -0.250. The van der Waals surface area contributed by atoms with Crippen LogP contribution >= 0.6 is 15.9 Å².